The molecule has 17 heavy (non-hydrogen) atoms. The van der Waals surface area contributed by atoms with Gasteiger partial charge in [-0.1, -0.05) is 6.07 Å². The molecule has 0 radical (unpaired) electrons. The number of halogens is 3. The number of pyridine rings is 1. The number of alkyl halides is 3. The molecule has 0 aliphatic carbocycles. The van der Waals surface area contributed by atoms with Gasteiger partial charge in [-0.3, -0.25) is 0 Å². The number of H-pyrrole nitrogens is 1. The number of aromatic amines is 1. The smallest absolute Gasteiger partial charge is 0.417 e. The zero-order valence-corrected chi connectivity index (χ0v) is 8.38. The highest BCUT2D eigenvalue weighted by molar-refractivity contribution is 5.92. The minimum atomic E-state index is -4.51. The average Bonchev–Trinajstić information content (AvgIpc) is 2.26. The predicted molar refractivity (Wildman–Crippen MR) is 52.5 cm³/mol. The lowest BCUT2D eigenvalue weighted by molar-refractivity contribution is -0.345. The third kappa shape index (κ3) is 2.06. The molecule has 2 N–H and O–H groups in total. The van der Waals surface area contributed by atoms with Crippen LogP contribution in [0.3, 0.4) is 0 Å². The molecule has 0 unspecified atom stereocenters. The van der Waals surface area contributed by atoms with Crippen molar-refractivity contribution in [3.63, 3.8) is 0 Å². The van der Waals surface area contributed by atoms with E-state index in [0.717, 1.165) is 18.3 Å². The van der Waals surface area contributed by atoms with Crippen molar-refractivity contribution in [3.8, 4) is 0 Å². The maximum absolute atomic E-state index is 12.7. The van der Waals surface area contributed by atoms with Gasteiger partial charge in [0.2, 0.25) is 5.52 Å². The lowest BCUT2D eigenvalue weighted by Gasteiger charge is -2.07. The molecule has 1 aromatic heterocycles. The lowest BCUT2D eigenvalue weighted by Crippen LogP contribution is -2.12. The number of hydrogen-bond acceptors (Lipinski definition) is 1. The quantitative estimate of drug-likeness (QED) is 0.834. The van der Waals surface area contributed by atoms with E-state index in [2.05, 4.69) is 4.98 Å². The summed E-state index contributed by atoms with van der Waals surface area (Å²) in [6, 6.07) is 4.65. The summed E-state index contributed by atoms with van der Waals surface area (Å²) in [5.74, 6) is -1.28. The Morgan fingerprint density at radius 1 is 1.29 bits per heavy atom. The summed E-state index contributed by atoms with van der Waals surface area (Å²) in [6.45, 7) is 0. The second-order valence-corrected chi connectivity index (χ2v) is 3.46. The first kappa shape index (κ1) is 11.4. The van der Waals surface area contributed by atoms with Crippen molar-refractivity contribution in [2.45, 2.75) is 6.18 Å². The molecule has 2 rings (SSSR count). The van der Waals surface area contributed by atoms with E-state index in [9.17, 15) is 18.0 Å². The molecule has 1 heterocycles. The van der Waals surface area contributed by atoms with Gasteiger partial charge in [0.05, 0.1) is 10.9 Å². The maximum Gasteiger partial charge on any atom is 0.417 e. The fraction of sp³-hybridized carbons (Fsp3) is 0.0909. The number of aromatic nitrogens is 1. The number of fused-ring (bicyclic) bond motifs is 1. The summed E-state index contributed by atoms with van der Waals surface area (Å²) in [5, 5.41) is 8.58. The molecule has 0 atom stereocenters. The number of carbonyl (C=O) groups is 1. The molecule has 0 amide bonds. The molecule has 88 valence electrons. The van der Waals surface area contributed by atoms with Crippen molar-refractivity contribution in [1.82, 2.24) is 0 Å². The fourth-order valence-electron chi connectivity index (χ4n) is 1.57. The SMILES string of the molecule is O=C(O)c1c[nH+]c2cccc(C(F)(F)F)c2c1. The Labute approximate surface area is 93.5 Å². The van der Waals surface area contributed by atoms with Crippen molar-refractivity contribution in [1.29, 1.82) is 0 Å². The van der Waals surface area contributed by atoms with Crippen molar-refractivity contribution in [2.75, 3.05) is 0 Å². The molecule has 0 saturated heterocycles. The summed E-state index contributed by atoms with van der Waals surface area (Å²) in [6.07, 6.45) is -3.35. The topological polar surface area (TPSA) is 51.4 Å². The predicted octanol–water partition coefficient (Wildman–Crippen LogP) is 2.37. The second kappa shape index (κ2) is 3.73. The number of benzene rings is 1. The summed E-state index contributed by atoms with van der Waals surface area (Å²) >= 11 is 0. The van der Waals surface area contributed by atoms with Gasteiger partial charge < -0.3 is 5.11 Å². The van der Waals surface area contributed by atoms with Gasteiger partial charge in [-0.25, -0.2) is 9.78 Å². The summed E-state index contributed by atoms with van der Waals surface area (Å²) in [5.41, 5.74) is -0.826. The first-order valence-electron chi connectivity index (χ1n) is 4.64. The Hall–Kier alpha value is -2.11. The third-order valence-electron chi connectivity index (χ3n) is 2.34. The molecule has 0 aliphatic heterocycles. The monoisotopic (exact) mass is 242 g/mol. The van der Waals surface area contributed by atoms with Gasteiger partial charge in [-0.05, 0) is 12.1 Å². The van der Waals surface area contributed by atoms with Gasteiger partial charge >= 0.3 is 12.1 Å². The number of rotatable bonds is 1. The molecule has 0 saturated carbocycles. The molecule has 0 aliphatic rings. The number of aromatic carboxylic acids is 1. The van der Waals surface area contributed by atoms with E-state index in [1.807, 2.05) is 0 Å². The van der Waals surface area contributed by atoms with Crippen LogP contribution in [0.4, 0.5) is 13.2 Å². The van der Waals surface area contributed by atoms with Crippen LogP contribution in [-0.4, -0.2) is 11.1 Å². The van der Waals surface area contributed by atoms with Crippen LogP contribution in [-0.2, 0) is 6.18 Å². The molecule has 6 heteroatoms. The fourth-order valence-corrected chi connectivity index (χ4v) is 1.57. The van der Waals surface area contributed by atoms with Gasteiger partial charge in [0.1, 0.15) is 5.56 Å². The number of carboxylic acids is 1. The van der Waals surface area contributed by atoms with Crippen molar-refractivity contribution in [3.05, 3.63) is 41.6 Å². The standard InChI is InChI=1S/C11H6F3NO2/c12-11(13,14)8-2-1-3-9-7(8)4-6(5-15-9)10(16)17/h1-5H,(H,16,17)/p+1. The molecular weight excluding hydrogens is 235 g/mol. The zero-order chi connectivity index (χ0) is 12.6. The largest absolute Gasteiger partial charge is 0.477 e. The van der Waals surface area contributed by atoms with Crippen LogP contribution in [0, 0.1) is 0 Å². The number of hydrogen-bond donors (Lipinski definition) is 1. The Kier molecular flexibility index (Phi) is 2.49. The van der Waals surface area contributed by atoms with Gasteiger partial charge in [-0.2, -0.15) is 13.2 Å². The normalized spacial score (nSPS) is 11.7. The van der Waals surface area contributed by atoms with Crippen molar-refractivity contribution in [2.24, 2.45) is 0 Å². The Morgan fingerprint density at radius 3 is 2.59 bits per heavy atom. The first-order chi connectivity index (χ1) is 7.89. The summed E-state index contributed by atoms with van der Waals surface area (Å²) in [7, 11) is 0. The van der Waals surface area contributed by atoms with E-state index in [-0.39, 0.29) is 16.5 Å². The molecule has 0 fully saturated rings. The molecule has 2 aromatic rings. The molecule has 3 nitrogen and oxygen atoms in total. The Morgan fingerprint density at radius 2 is 2.00 bits per heavy atom. The molecule has 0 spiro atoms. The zero-order valence-electron chi connectivity index (χ0n) is 8.38. The highest BCUT2D eigenvalue weighted by atomic mass is 19.4. The maximum atomic E-state index is 12.7. The number of nitrogens with one attached hydrogen (secondary N) is 1. The minimum Gasteiger partial charge on any atom is -0.477 e. The minimum absolute atomic E-state index is 0.153. The van der Waals surface area contributed by atoms with E-state index in [4.69, 9.17) is 5.11 Å². The first-order valence-corrected chi connectivity index (χ1v) is 4.64. The highest BCUT2D eigenvalue weighted by Gasteiger charge is 2.33. The van der Waals surface area contributed by atoms with Crippen LogP contribution in [0.1, 0.15) is 15.9 Å². The average molecular weight is 242 g/mol. The molecule has 1 aromatic carbocycles. The Bertz CT molecular complexity index is 593. The summed E-state index contributed by atoms with van der Waals surface area (Å²) < 4.78 is 38.1. The third-order valence-corrected chi connectivity index (χ3v) is 2.34. The van der Waals surface area contributed by atoms with Crippen LogP contribution in [0.15, 0.2) is 30.5 Å². The van der Waals surface area contributed by atoms with Crippen LogP contribution in [0.2, 0.25) is 0 Å². The van der Waals surface area contributed by atoms with Crippen LogP contribution in [0.5, 0.6) is 0 Å². The van der Waals surface area contributed by atoms with Gasteiger partial charge in [-0.15, -0.1) is 0 Å². The van der Waals surface area contributed by atoms with E-state index < -0.39 is 17.7 Å². The number of carboxylic acid groups (broad SMARTS) is 1. The second-order valence-electron chi connectivity index (χ2n) is 3.46. The van der Waals surface area contributed by atoms with E-state index in [1.54, 1.807) is 0 Å². The van der Waals surface area contributed by atoms with Crippen LogP contribution >= 0.6 is 0 Å². The lowest BCUT2D eigenvalue weighted by atomic mass is 10.1. The van der Waals surface area contributed by atoms with E-state index >= 15 is 0 Å². The van der Waals surface area contributed by atoms with Crippen molar-refractivity contribution < 1.29 is 28.1 Å². The van der Waals surface area contributed by atoms with E-state index in [0.29, 0.717) is 0 Å². The van der Waals surface area contributed by atoms with Gasteiger partial charge in [0.15, 0.2) is 6.20 Å². The van der Waals surface area contributed by atoms with Crippen molar-refractivity contribution >= 4 is 16.9 Å². The van der Waals surface area contributed by atoms with Gasteiger partial charge in [0.25, 0.3) is 0 Å². The highest BCUT2D eigenvalue weighted by Crippen LogP contribution is 2.33. The summed E-state index contributed by atoms with van der Waals surface area (Å²) in [4.78, 5) is 13.2. The van der Waals surface area contributed by atoms with Crippen LogP contribution < -0.4 is 4.98 Å². The van der Waals surface area contributed by atoms with Crippen LogP contribution in [0.25, 0.3) is 10.9 Å². The molecular formula is C11H7F3NO2+. The van der Waals surface area contributed by atoms with E-state index in [1.165, 1.54) is 12.1 Å². The molecule has 0 bridgehead atoms. The van der Waals surface area contributed by atoms with Gasteiger partial charge in [0, 0.05) is 6.07 Å². The Balaban J connectivity index is 2.77.